The summed E-state index contributed by atoms with van der Waals surface area (Å²) in [5.41, 5.74) is 3.09. The van der Waals surface area contributed by atoms with E-state index in [1.54, 1.807) is 35.4 Å². The third-order valence-electron chi connectivity index (χ3n) is 6.42. The van der Waals surface area contributed by atoms with Crippen LogP contribution in [0.3, 0.4) is 0 Å². The van der Waals surface area contributed by atoms with Gasteiger partial charge in [-0.2, -0.15) is 5.26 Å². The summed E-state index contributed by atoms with van der Waals surface area (Å²) in [5.74, 6) is 0.629. The van der Waals surface area contributed by atoms with Gasteiger partial charge in [-0.05, 0) is 35.2 Å². The van der Waals surface area contributed by atoms with Crippen LogP contribution in [0.15, 0.2) is 48.7 Å². The molecule has 2 aromatic carbocycles. The van der Waals surface area contributed by atoms with Crippen LogP contribution in [0, 0.1) is 17.2 Å². The Balaban J connectivity index is 1.64. The second-order valence-electron chi connectivity index (χ2n) is 9.19. The number of aromatic nitrogens is 2. The Labute approximate surface area is 227 Å². The van der Waals surface area contributed by atoms with Crippen LogP contribution in [-0.2, 0) is 29.0 Å². The minimum atomic E-state index is -0.236. The van der Waals surface area contributed by atoms with E-state index in [0.717, 1.165) is 23.4 Å². The summed E-state index contributed by atoms with van der Waals surface area (Å²) in [6.07, 6.45) is 3.23. The highest BCUT2D eigenvalue weighted by molar-refractivity contribution is 6.42. The van der Waals surface area contributed by atoms with Crippen LogP contribution < -0.4 is 5.32 Å². The molecule has 1 heterocycles. The van der Waals surface area contributed by atoms with Gasteiger partial charge in [0.05, 0.1) is 28.1 Å². The smallest absolute Gasteiger partial charge is 0.226 e. The van der Waals surface area contributed by atoms with Gasteiger partial charge in [0.2, 0.25) is 11.8 Å². The number of carbonyl (C=O) groups is 2. The van der Waals surface area contributed by atoms with Crippen LogP contribution in [0.25, 0.3) is 0 Å². The van der Waals surface area contributed by atoms with Gasteiger partial charge in [-0.25, -0.2) is 4.98 Å². The molecular weight excluding hydrogens is 509 g/mol. The second-order valence-corrected chi connectivity index (χ2v) is 9.97. The van der Waals surface area contributed by atoms with E-state index in [9.17, 15) is 9.59 Å². The molecule has 2 N–H and O–H groups in total. The van der Waals surface area contributed by atoms with Crippen molar-refractivity contribution in [3.8, 4) is 6.07 Å². The molecule has 0 aliphatic heterocycles. The molecule has 0 aliphatic rings. The van der Waals surface area contributed by atoms with Gasteiger partial charge >= 0.3 is 0 Å². The molecule has 0 bridgehead atoms. The molecule has 0 radical (unpaired) electrons. The van der Waals surface area contributed by atoms with Crippen LogP contribution in [0.2, 0.25) is 10.0 Å². The summed E-state index contributed by atoms with van der Waals surface area (Å²) in [6, 6.07) is 14.5. The number of halogens is 2. The van der Waals surface area contributed by atoms with Gasteiger partial charge in [-0.3, -0.25) is 9.59 Å². The monoisotopic (exact) mass is 539 g/mol. The predicted octanol–water partition coefficient (Wildman–Crippen LogP) is 5.30. The molecule has 0 saturated heterocycles. The number of H-pyrrole nitrogens is 1. The van der Waals surface area contributed by atoms with Crippen LogP contribution in [0.4, 0.5) is 0 Å². The van der Waals surface area contributed by atoms with E-state index in [1.807, 2.05) is 18.2 Å². The Kier molecular flexibility index (Phi) is 10.1. The summed E-state index contributed by atoms with van der Waals surface area (Å²) in [6.45, 7) is 6.28. The van der Waals surface area contributed by atoms with Crippen molar-refractivity contribution in [1.29, 1.82) is 5.26 Å². The van der Waals surface area contributed by atoms with Gasteiger partial charge in [0.25, 0.3) is 0 Å². The summed E-state index contributed by atoms with van der Waals surface area (Å²) < 4.78 is 0. The zero-order valence-electron chi connectivity index (χ0n) is 21.2. The van der Waals surface area contributed by atoms with Crippen LogP contribution >= 0.6 is 23.2 Å². The van der Waals surface area contributed by atoms with Crippen molar-refractivity contribution >= 4 is 35.0 Å². The maximum Gasteiger partial charge on any atom is 0.226 e. The van der Waals surface area contributed by atoms with Crippen molar-refractivity contribution in [2.45, 2.75) is 52.6 Å². The average molecular weight is 540 g/mol. The van der Waals surface area contributed by atoms with Gasteiger partial charge in [-0.15, -0.1) is 0 Å². The van der Waals surface area contributed by atoms with Crippen molar-refractivity contribution in [2.75, 3.05) is 6.54 Å². The zero-order chi connectivity index (χ0) is 26.9. The van der Waals surface area contributed by atoms with Gasteiger partial charge in [0.1, 0.15) is 5.82 Å². The van der Waals surface area contributed by atoms with Crippen LogP contribution in [0.1, 0.15) is 55.4 Å². The minimum Gasteiger partial charge on any atom is -0.351 e. The molecular formula is C28H31Cl2N5O2. The standard InChI is InChI=1S/C28H31Cl2N5O2/c1-4-18(2)25(17-35(19(3)36)16-22-6-5-7-24(29)28(22)30)34-27(37)13-23-15-32-26(33-23)12-20-8-10-21(14-31)11-9-20/h5-11,15,18,25H,4,12-13,16-17H2,1-3H3,(H,32,33)(H,34,37)/t18-,25+/m0/s1. The fraction of sp³-hybridized carbons (Fsp3) is 0.357. The Hall–Kier alpha value is -3.34. The number of rotatable bonds is 11. The topological polar surface area (TPSA) is 102 Å². The molecule has 2 amide bonds. The first-order valence-corrected chi connectivity index (χ1v) is 12.9. The number of nitrogens with zero attached hydrogens (tertiary/aromatic N) is 3. The molecule has 0 aliphatic carbocycles. The third-order valence-corrected chi connectivity index (χ3v) is 7.28. The van der Waals surface area contributed by atoms with Crippen LogP contribution in [0.5, 0.6) is 0 Å². The van der Waals surface area contributed by atoms with Crippen molar-refractivity contribution in [2.24, 2.45) is 5.92 Å². The first-order valence-electron chi connectivity index (χ1n) is 12.2. The van der Waals surface area contributed by atoms with E-state index < -0.39 is 0 Å². The first kappa shape index (κ1) is 28.2. The normalized spacial score (nSPS) is 12.4. The van der Waals surface area contributed by atoms with E-state index in [2.05, 4.69) is 35.2 Å². The molecule has 0 fully saturated rings. The molecule has 9 heteroatoms. The number of aromatic amines is 1. The second kappa shape index (κ2) is 13.3. The number of nitrogens with one attached hydrogen (secondary N) is 2. The highest BCUT2D eigenvalue weighted by atomic mass is 35.5. The lowest BCUT2D eigenvalue weighted by Crippen LogP contribution is -2.48. The van der Waals surface area contributed by atoms with Gasteiger partial charge in [0, 0.05) is 44.4 Å². The molecule has 0 saturated carbocycles. The Morgan fingerprint density at radius 1 is 1.19 bits per heavy atom. The lowest BCUT2D eigenvalue weighted by Gasteiger charge is -2.31. The molecule has 194 valence electrons. The minimum absolute atomic E-state index is 0.111. The average Bonchev–Trinajstić information content (AvgIpc) is 3.31. The number of nitriles is 1. The maximum absolute atomic E-state index is 13.0. The van der Waals surface area contributed by atoms with E-state index in [1.165, 1.54) is 6.92 Å². The molecule has 3 aromatic rings. The van der Waals surface area contributed by atoms with E-state index in [4.69, 9.17) is 28.5 Å². The van der Waals surface area contributed by atoms with Crippen molar-refractivity contribution in [3.05, 3.63) is 86.9 Å². The highest BCUT2D eigenvalue weighted by Crippen LogP contribution is 2.27. The summed E-state index contributed by atoms with van der Waals surface area (Å²) in [4.78, 5) is 34.7. The molecule has 3 rings (SSSR count). The van der Waals surface area contributed by atoms with Gasteiger partial charge < -0.3 is 15.2 Å². The zero-order valence-corrected chi connectivity index (χ0v) is 22.7. The molecule has 7 nitrogen and oxygen atoms in total. The van der Waals surface area contributed by atoms with E-state index >= 15 is 0 Å². The predicted molar refractivity (Wildman–Crippen MR) is 145 cm³/mol. The van der Waals surface area contributed by atoms with Crippen molar-refractivity contribution < 1.29 is 9.59 Å². The molecule has 1 aromatic heterocycles. The number of amides is 2. The quantitative estimate of drug-likeness (QED) is 0.345. The third kappa shape index (κ3) is 8.08. The number of hydrogen-bond acceptors (Lipinski definition) is 4. The number of imidazole rings is 1. The van der Waals surface area contributed by atoms with Crippen molar-refractivity contribution in [3.63, 3.8) is 0 Å². The SMILES string of the molecule is CC[C@H](C)[C@@H](CN(Cc1cccc(Cl)c1Cl)C(C)=O)NC(=O)Cc1cnc(Cc2ccc(C#N)cc2)[nH]1. The van der Waals surface area contributed by atoms with Gasteiger partial charge in [0.15, 0.2) is 0 Å². The molecule has 2 atom stereocenters. The summed E-state index contributed by atoms with van der Waals surface area (Å²) in [5, 5.41) is 12.9. The first-order chi connectivity index (χ1) is 17.7. The lowest BCUT2D eigenvalue weighted by atomic mass is 9.98. The molecule has 37 heavy (non-hydrogen) atoms. The summed E-state index contributed by atoms with van der Waals surface area (Å²) in [7, 11) is 0. The largest absolute Gasteiger partial charge is 0.351 e. The highest BCUT2D eigenvalue weighted by Gasteiger charge is 2.24. The fourth-order valence-corrected chi connectivity index (χ4v) is 4.36. The molecule has 0 spiro atoms. The van der Waals surface area contributed by atoms with Crippen molar-refractivity contribution in [1.82, 2.24) is 20.2 Å². The Morgan fingerprint density at radius 3 is 2.57 bits per heavy atom. The Bertz CT molecular complexity index is 1270. The number of carbonyl (C=O) groups excluding carboxylic acids is 2. The van der Waals surface area contributed by atoms with E-state index in [0.29, 0.717) is 40.8 Å². The number of benzene rings is 2. The molecule has 0 unspecified atom stereocenters. The van der Waals surface area contributed by atoms with Gasteiger partial charge in [-0.1, -0.05) is 67.7 Å². The maximum atomic E-state index is 13.0. The van der Waals surface area contributed by atoms with Crippen LogP contribution in [-0.4, -0.2) is 39.3 Å². The summed E-state index contributed by atoms with van der Waals surface area (Å²) >= 11 is 12.5. The lowest BCUT2D eigenvalue weighted by molar-refractivity contribution is -0.131. The Morgan fingerprint density at radius 2 is 1.92 bits per heavy atom. The number of hydrogen-bond donors (Lipinski definition) is 2. The fourth-order valence-electron chi connectivity index (χ4n) is 3.98. The van der Waals surface area contributed by atoms with E-state index in [-0.39, 0.29) is 30.2 Å².